The van der Waals surface area contributed by atoms with Crippen molar-refractivity contribution in [1.29, 1.82) is 5.26 Å². The molecule has 0 aliphatic heterocycles. The molecule has 0 bridgehead atoms. The minimum Gasteiger partial charge on any atom is -0.504 e. The molecule has 102 valence electrons. The molecule has 0 amide bonds. The molecule has 0 saturated heterocycles. The van der Waals surface area contributed by atoms with Crippen molar-refractivity contribution >= 4 is 27.4 Å². The maximum atomic E-state index is 12.1. The van der Waals surface area contributed by atoms with Crippen molar-refractivity contribution in [2.45, 2.75) is 4.90 Å². The molecule has 0 spiro atoms. The van der Waals surface area contributed by atoms with E-state index in [1.807, 2.05) is 6.07 Å². The van der Waals surface area contributed by atoms with Gasteiger partial charge in [0.05, 0.1) is 16.7 Å². The van der Waals surface area contributed by atoms with Crippen LogP contribution < -0.4 is 4.72 Å². The van der Waals surface area contributed by atoms with Crippen LogP contribution in [0.25, 0.3) is 0 Å². The summed E-state index contributed by atoms with van der Waals surface area (Å²) in [5.74, 6) is -0.506. The molecule has 20 heavy (non-hydrogen) atoms. The quantitative estimate of drug-likeness (QED) is 0.903. The molecule has 0 saturated carbocycles. The summed E-state index contributed by atoms with van der Waals surface area (Å²) in [4.78, 5) is 3.51. The zero-order valence-electron chi connectivity index (χ0n) is 9.91. The van der Waals surface area contributed by atoms with Gasteiger partial charge in [0, 0.05) is 6.20 Å². The molecule has 2 rings (SSSR count). The molecule has 2 N–H and O–H groups in total. The van der Waals surface area contributed by atoms with Crippen molar-refractivity contribution in [2.75, 3.05) is 4.72 Å². The first kappa shape index (κ1) is 14.1. The predicted molar refractivity (Wildman–Crippen MR) is 72.9 cm³/mol. The van der Waals surface area contributed by atoms with Gasteiger partial charge in [-0.2, -0.15) is 5.26 Å². The second-order valence-electron chi connectivity index (χ2n) is 3.73. The van der Waals surface area contributed by atoms with Crippen molar-refractivity contribution in [3.05, 3.63) is 47.1 Å². The number of benzene rings is 1. The number of halogens is 1. The van der Waals surface area contributed by atoms with Crippen molar-refractivity contribution in [3.8, 4) is 11.8 Å². The van der Waals surface area contributed by atoms with Crippen molar-refractivity contribution in [1.82, 2.24) is 4.98 Å². The van der Waals surface area contributed by atoms with E-state index in [1.54, 1.807) is 0 Å². The number of anilines is 1. The number of nitriles is 1. The summed E-state index contributed by atoms with van der Waals surface area (Å²) >= 11 is 5.85. The fourth-order valence-electron chi connectivity index (χ4n) is 1.45. The molecule has 0 aliphatic carbocycles. The molecule has 0 atom stereocenters. The zero-order chi connectivity index (χ0) is 14.8. The van der Waals surface area contributed by atoms with Crippen LogP contribution in [-0.2, 0) is 10.0 Å². The van der Waals surface area contributed by atoms with Crippen molar-refractivity contribution in [3.63, 3.8) is 0 Å². The molecule has 0 fully saturated rings. The predicted octanol–water partition coefficient (Wildman–Crippen LogP) is 2.11. The Morgan fingerprint density at radius 3 is 2.70 bits per heavy atom. The fraction of sp³-hybridized carbons (Fsp3) is 0. The first-order chi connectivity index (χ1) is 9.44. The van der Waals surface area contributed by atoms with Crippen molar-refractivity contribution in [2.24, 2.45) is 0 Å². The van der Waals surface area contributed by atoms with Gasteiger partial charge in [-0.05, 0) is 30.3 Å². The standard InChI is InChI=1S/C12H8ClN3O3S/c13-9-6-8(7-14)3-4-11(9)20(18,19)16-12-10(17)2-1-5-15-12/h1-6,17H,(H,15,16). The van der Waals surface area contributed by atoms with Gasteiger partial charge in [0.2, 0.25) is 0 Å². The third-order valence-corrected chi connectivity index (χ3v) is 4.19. The van der Waals surface area contributed by atoms with E-state index in [4.69, 9.17) is 16.9 Å². The number of aromatic hydroxyl groups is 1. The molecule has 2 aromatic rings. The molecule has 6 nitrogen and oxygen atoms in total. The van der Waals surface area contributed by atoms with E-state index in [9.17, 15) is 13.5 Å². The number of hydrogen-bond donors (Lipinski definition) is 2. The topological polar surface area (TPSA) is 103 Å². The third-order valence-electron chi connectivity index (χ3n) is 2.37. The van der Waals surface area contributed by atoms with Crippen LogP contribution in [0.4, 0.5) is 5.82 Å². The molecule has 0 unspecified atom stereocenters. The van der Waals surface area contributed by atoms with Crippen LogP contribution in [0.5, 0.6) is 5.75 Å². The van der Waals surface area contributed by atoms with E-state index in [2.05, 4.69) is 9.71 Å². The molecule has 0 radical (unpaired) electrons. The molecule has 1 heterocycles. The van der Waals surface area contributed by atoms with Gasteiger partial charge in [0.1, 0.15) is 4.90 Å². The summed E-state index contributed by atoms with van der Waals surface area (Å²) in [5, 5.41) is 18.1. The van der Waals surface area contributed by atoms with Gasteiger partial charge >= 0.3 is 0 Å². The molecular weight excluding hydrogens is 302 g/mol. The van der Waals surface area contributed by atoms with Crippen LogP contribution in [-0.4, -0.2) is 18.5 Å². The minimum atomic E-state index is -4.01. The number of pyridine rings is 1. The number of hydrogen-bond acceptors (Lipinski definition) is 5. The molecule has 0 aliphatic rings. The lowest BCUT2D eigenvalue weighted by molar-refractivity contribution is 0.475. The smallest absolute Gasteiger partial charge is 0.264 e. The van der Waals surface area contributed by atoms with Gasteiger partial charge in [0.25, 0.3) is 10.0 Å². The van der Waals surface area contributed by atoms with E-state index in [1.165, 1.54) is 36.5 Å². The summed E-state index contributed by atoms with van der Waals surface area (Å²) in [5.41, 5.74) is 0.245. The van der Waals surface area contributed by atoms with Crippen LogP contribution in [0.15, 0.2) is 41.4 Å². The molecule has 1 aromatic heterocycles. The Bertz CT molecular complexity index is 800. The largest absolute Gasteiger partial charge is 0.504 e. The Hall–Kier alpha value is -2.30. The lowest BCUT2D eigenvalue weighted by Gasteiger charge is -2.09. The number of nitrogens with zero attached hydrogens (tertiary/aromatic N) is 2. The summed E-state index contributed by atoms with van der Waals surface area (Å²) in [6.45, 7) is 0. The highest BCUT2D eigenvalue weighted by atomic mass is 35.5. The lowest BCUT2D eigenvalue weighted by Crippen LogP contribution is -2.14. The second kappa shape index (κ2) is 5.36. The normalized spacial score (nSPS) is 10.8. The van der Waals surface area contributed by atoms with Crippen LogP contribution in [0.2, 0.25) is 5.02 Å². The van der Waals surface area contributed by atoms with Gasteiger partial charge in [-0.15, -0.1) is 0 Å². The van der Waals surface area contributed by atoms with Crippen molar-refractivity contribution < 1.29 is 13.5 Å². The maximum Gasteiger partial charge on any atom is 0.264 e. The SMILES string of the molecule is N#Cc1ccc(S(=O)(=O)Nc2ncccc2O)c(Cl)c1. The first-order valence-electron chi connectivity index (χ1n) is 5.30. The van der Waals surface area contributed by atoms with Gasteiger partial charge in [-0.25, -0.2) is 13.4 Å². The summed E-state index contributed by atoms with van der Waals surface area (Å²) in [6.07, 6.45) is 1.33. The Morgan fingerprint density at radius 1 is 1.35 bits per heavy atom. The number of sulfonamides is 1. The maximum absolute atomic E-state index is 12.1. The number of nitrogens with one attached hydrogen (secondary N) is 1. The highest BCUT2D eigenvalue weighted by molar-refractivity contribution is 7.92. The van der Waals surface area contributed by atoms with Crippen LogP contribution in [0.1, 0.15) is 5.56 Å². The number of aromatic nitrogens is 1. The minimum absolute atomic E-state index is 0.0908. The van der Waals surface area contributed by atoms with Crippen LogP contribution >= 0.6 is 11.6 Å². The van der Waals surface area contributed by atoms with E-state index in [0.717, 1.165) is 0 Å². The van der Waals surface area contributed by atoms with E-state index in [0.29, 0.717) is 0 Å². The highest BCUT2D eigenvalue weighted by Crippen LogP contribution is 2.27. The van der Waals surface area contributed by atoms with Crippen LogP contribution in [0.3, 0.4) is 0 Å². The second-order valence-corrected chi connectivity index (χ2v) is 5.79. The van der Waals surface area contributed by atoms with E-state index >= 15 is 0 Å². The summed E-state index contributed by atoms with van der Waals surface area (Å²) in [6, 6.07) is 8.40. The fourth-order valence-corrected chi connectivity index (χ4v) is 3.02. The van der Waals surface area contributed by atoms with Gasteiger partial charge in [-0.3, -0.25) is 4.72 Å². The molecular formula is C12H8ClN3O3S. The molecule has 8 heteroatoms. The van der Waals surface area contributed by atoms with Gasteiger partial charge < -0.3 is 5.11 Å². The third kappa shape index (κ3) is 2.82. The van der Waals surface area contributed by atoms with E-state index in [-0.39, 0.29) is 27.0 Å². The highest BCUT2D eigenvalue weighted by Gasteiger charge is 2.20. The number of rotatable bonds is 3. The Labute approximate surface area is 120 Å². The van der Waals surface area contributed by atoms with Gasteiger partial charge in [0.15, 0.2) is 11.6 Å². The first-order valence-corrected chi connectivity index (χ1v) is 7.16. The monoisotopic (exact) mass is 309 g/mol. The lowest BCUT2D eigenvalue weighted by atomic mass is 10.2. The van der Waals surface area contributed by atoms with Gasteiger partial charge in [-0.1, -0.05) is 11.6 Å². The Balaban J connectivity index is 2.42. The average Bonchev–Trinajstić information content (AvgIpc) is 2.40. The summed E-state index contributed by atoms with van der Waals surface area (Å²) in [7, 11) is -4.01. The molecule has 1 aromatic carbocycles. The average molecular weight is 310 g/mol. The summed E-state index contributed by atoms with van der Waals surface area (Å²) < 4.78 is 26.4. The van der Waals surface area contributed by atoms with Crippen LogP contribution in [0, 0.1) is 11.3 Å². The van der Waals surface area contributed by atoms with E-state index < -0.39 is 10.0 Å². The Morgan fingerprint density at radius 2 is 2.10 bits per heavy atom. The Kier molecular flexibility index (Phi) is 3.79. The zero-order valence-corrected chi connectivity index (χ0v) is 11.5.